The van der Waals surface area contributed by atoms with Gasteiger partial charge in [-0.25, -0.2) is 4.79 Å². The fourth-order valence-electron chi connectivity index (χ4n) is 3.03. The Labute approximate surface area is 115 Å². The smallest absolute Gasteiger partial charge is 0.326 e. The third kappa shape index (κ3) is 2.91. The van der Waals surface area contributed by atoms with E-state index in [1.807, 2.05) is 20.8 Å². The molecule has 0 radical (unpaired) electrons. The molecule has 5 heteroatoms. The molecule has 19 heavy (non-hydrogen) atoms. The van der Waals surface area contributed by atoms with E-state index in [0.717, 1.165) is 12.8 Å². The number of carboxylic acids is 1. The second-order valence-electron chi connectivity index (χ2n) is 5.59. The molecular weight excluding hydrogens is 244 g/mol. The minimum Gasteiger partial charge on any atom is -0.480 e. The number of likely N-dealkylation sites (tertiary alicyclic amines) is 1. The SMILES string of the molecule is CCC(CC)(CN)C(=O)N1CCCC(C)C1C(=O)O. The van der Waals surface area contributed by atoms with Crippen molar-refractivity contribution in [1.29, 1.82) is 0 Å². The first-order chi connectivity index (χ1) is 8.93. The van der Waals surface area contributed by atoms with Crippen molar-refractivity contribution in [3.8, 4) is 0 Å². The lowest BCUT2D eigenvalue weighted by Gasteiger charge is -2.42. The summed E-state index contributed by atoms with van der Waals surface area (Å²) < 4.78 is 0. The van der Waals surface area contributed by atoms with Gasteiger partial charge in [-0.2, -0.15) is 0 Å². The molecule has 1 heterocycles. The summed E-state index contributed by atoms with van der Waals surface area (Å²) in [6.45, 7) is 6.59. The number of hydrogen-bond donors (Lipinski definition) is 2. The first-order valence-corrected chi connectivity index (χ1v) is 7.17. The fourth-order valence-corrected chi connectivity index (χ4v) is 3.03. The Hall–Kier alpha value is -1.10. The molecule has 1 fully saturated rings. The molecule has 1 rings (SSSR count). The summed E-state index contributed by atoms with van der Waals surface area (Å²) in [5.41, 5.74) is 5.19. The Morgan fingerprint density at radius 2 is 1.95 bits per heavy atom. The minimum absolute atomic E-state index is 0.000568. The highest BCUT2D eigenvalue weighted by atomic mass is 16.4. The van der Waals surface area contributed by atoms with Gasteiger partial charge in [0, 0.05) is 13.1 Å². The van der Waals surface area contributed by atoms with Crippen molar-refractivity contribution >= 4 is 11.9 Å². The van der Waals surface area contributed by atoms with Gasteiger partial charge < -0.3 is 15.7 Å². The van der Waals surface area contributed by atoms with Crippen LogP contribution in [0.3, 0.4) is 0 Å². The Morgan fingerprint density at radius 3 is 2.37 bits per heavy atom. The van der Waals surface area contributed by atoms with Gasteiger partial charge in [-0.1, -0.05) is 20.8 Å². The van der Waals surface area contributed by atoms with Gasteiger partial charge in [0.2, 0.25) is 5.91 Å². The van der Waals surface area contributed by atoms with Crippen LogP contribution in [0.2, 0.25) is 0 Å². The maximum absolute atomic E-state index is 12.8. The number of nitrogens with zero attached hydrogens (tertiary/aromatic N) is 1. The lowest BCUT2D eigenvalue weighted by Crippen LogP contribution is -2.57. The van der Waals surface area contributed by atoms with Crippen molar-refractivity contribution < 1.29 is 14.7 Å². The van der Waals surface area contributed by atoms with Crippen LogP contribution in [-0.4, -0.2) is 41.0 Å². The predicted octanol–water partition coefficient (Wildman–Crippen LogP) is 1.46. The first kappa shape index (κ1) is 16.0. The highest BCUT2D eigenvalue weighted by Crippen LogP contribution is 2.32. The molecule has 1 saturated heterocycles. The van der Waals surface area contributed by atoms with Crippen LogP contribution >= 0.6 is 0 Å². The summed E-state index contributed by atoms with van der Waals surface area (Å²) in [5.74, 6) is -0.989. The molecule has 0 spiro atoms. The quantitative estimate of drug-likeness (QED) is 0.792. The molecule has 110 valence electrons. The average molecular weight is 270 g/mol. The molecule has 1 aliphatic rings. The summed E-state index contributed by atoms with van der Waals surface area (Å²) >= 11 is 0. The van der Waals surface area contributed by atoms with Gasteiger partial charge in [-0.3, -0.25) is 4.79 Å². The van der Waals surface area contributed by atoms with Crippen molar-refractivity contribution in [1.82, 2.24) is 4.90 Å². The minimum atomic E-state index is -0.904. The second-order valence-corrected chi connectivity index (χ2v) is 5.59. The van der Waals surface area contributed by atoms with Gasteiger partial charge in [-0.05, 0) is 31.6 Å². The van der Waals surface area contributed by atoms with E-state index in [0.29, 0.717) is 19.4 Å². The van der Waals surface area contributed by atoms with Crippen molar-refractivity contribution in [2.24, 2.45) is 17.1 Å². The third-order valence-corrected chi connectivity index (χ3v) is 4.65. The van der Waals surface area contributed by atoms with Crippen molar-refractivity contribution in [2.75, 3.05) is 13.1 Å². The number of amides is 1. The van der Waals surface area contributed by atoms with E-state index in [4.69, 9.17) is 5.73 Å². The van der Waals surface area contributed by atoms with E-state index in [9.17, 15) is 14.7 Å². The van der Waals surface area contributed by atoms with Crippen molar-refractivity contribution in [3.63, 3.8) is 0 Å². The molecule has 0 saturated carbocycles. The van der Waals surface area contributed by atoms with Crippen LogP contribution in [0.25, 0.3) is 0 Å². The molecule has 2 unspecified atom stereocenters. The molecular formula is C14H26N2O3. The Bertz CT molecular complexity index is 331. The monoisotopic (exact) mass is 270 g/mol. The number of carboxylic acid groups (broad SMARTS) is 1. The van der Waals surface area contributed by atoms with Crippen LogP contribution in [0.5, 0.6) is 0 Å². The zero-order chi connectivity index (χ0) is 14.6. The molecule has 5 nitrogen and oxygen atoms in total. The Balaban J connectivity index is 3.04. The molecule has 2 atom stereocenters. The van der Waals surface area contributed by atoms with Crippen LogP contribution in [0.15, 0.2) is 0 Å². The number of carbonyl (C=O) groups is 2. The maximum atomic E-state index is 12.8. The van der Waals surface area contributed by atoms with E-state index in [1.54, 1.807) is 4.90 Å². The van der Waals surface area contributed by atoms with Crippen LogP contribution in [0.1, 0.15) is 46.5 Å². The van der Waals surface area contributed by atoms with E-state index < -0.39 is 17.4 Å². The lowest BCUT2D eigenvalue weighted by atomic mass is 9.79. The number of rotatable bonds is 5. The van der Waals surface area contributed by atoms with E-state index in [1.165, 1.54) is 0 Å². The van der Waals surface area contributed by atoms with Gasteiger partial charge in [0.1, 0.15) is 6.04 Å². The highest BCUT2D eigenvalue weighted by molar-refractivity contribution is 5.88. The zero-order valence-electron chi connectivity index (χ0n) is 12.2. The number of carbonyl (C=O) groups excluding carboxylic acids is 1. The molecule has 0 aromatic rings. The summed E-state index contributed by atoms with van der Waals surface area (Å²) in [7, 11) is 0. The molecule has 1 amide bonds. The average Bonchev–Trinajstić information content (AvgIpc) is 2.40. The van der Waals surface area contributed by atoms with E-state index >= 15 is 0 Å². The summed E-state index contributed by atoms with van der Waals surface area (Å²) in [5, 5.41) is 9.39. The van der Waals surface area contributed by atoms with Crippen LogP contribution < -0.4 is 5.73 Å². The molecule has 0 aromatic heterocycles. The van der Waals surface area contributed by atoms with Gasteiger partial charge in [0.25, 0.3) is 0 Å². The van der Waals surface area contributed by atoms with E-state index in [2.05, 4.69) is 0 Å². The van der Waals surface area contributed by atoms with Gasteiger partial charge in [0.15, 0.2) is 0 Å². The Morgan fingerprint density at radius 1 is 1.37 bits per heavy atom. The number of hydrogen-bond acceptors (Lipinski definition) is 3. The largest absolute Gasteiger partial charge is 0.480 e. The molecule has 3 N–H and O–H groups in total. The van der Waals surface area contributed by atoms with Crippen LogP contribution in [0, 0.1) is 11.3 Å². The number of nitrogens with two attached hydrogens (primary N) is 1. The first-order valence-electron chi connectivity index (χ1n) is 7.17. The highest BCUT2D eigenvalue weighted by Gasteiger charge is 2.44. The summed E-state index contributed by atoms with van der Waals surface area (Å²) in [4.78, 5) is 25.8. The summed E-state index contributed by atoms with van der Waals surface area (Å²) in [6.07, 6.45) is 3.02. The molecule has 0 aromatic carbocycles. The zero-order valence-corrected chi connectivity index (χ0v) is 12.2. The van der Waals surface area contributed by atoms with Crippen molar-refractivity contribution in [2.45, 2.75) is 52.5 Å². The lowest BCUT2D eigenvalue weighted by molar-refractivity contribution is -0.160. The molecule has 0 bridgehead atoms. The molecule has 0 aliphatic carbocycles. The van der Waals surface area contributed by atoms with Crippen molar-refractivity contribution in [3.05, 3.63) is 0 Å². The topological polar surface area (TPSA) is 83.6 Å². The Kier molecular flexibility index (Phi) is 5.35. The third-order valence-electron chi connectivity index (χ3n) is 4.65. The number of aliphatic carboxylic acids is 1. The number of piperidine rings is 1. The maximum Gasteiger partial charge on any atom is 0.326 e. The van der Waals surface area contributed by atoms with Gasteiger partial charge >= 0.3 is 5.97 Å². The normalized spacial score (nSPS) is 24.3. The van der Waals surface area contributed by atoms with Crippen LogP contribution in [0.4, 0.5) is 0 Å². The van der Waals surface area contributed by atoms with Crippen LogP contribution in [-0.2, 0) is 9.59 Å². The van der Waals surface area contributed by atoms with E-state index in [-0.39, 0.29) is 18.4 Å². The fraction of sp³-hybridized carbons (Fsp3) is 0.857. The van der Waals surface area contributed by atoms with Gasteiger partial charge in [0.05, 0.1) is 5.41 Å². The second kappa shape index (κ2) is 6.37. The summed E-state index contributed by atoms with van der Waals surface area (Å²) in [6, 6.07) is -0.703. The standard InChI is InChI=1S/C14H26N2O3/c1-4-14(5-2,9-15)13(19)16-8-6-7-10(3)11(16)12(17)18/h10-11H,4-9,15H2,1-3H3,(H,17,18). The molecule has 1 aliphatic heterocycles. The predicted molar refractivity (Wildman–Crippen MR) is 73.6 cm³/mol. The van der Waals surface area contributed by atoms with Gasteiger partial charge in [-0.15, -0.1) is 0 Å².